The molecule has 6 rings (SSSR count). The SMILES string of the molecule is O=C(Oc1ccc(N2C(=O)c3cccc4cc(OC(=O)c5ccccc5)cc(c34)C2=O)cc1)C1=CC=CC1. The lowest BCUT2D eigenvalue weighted by atomic mass is 9.93. The quantitative estimate of drug-likeness (QED) is 0.199. The van der Waals surface area contributed by atoms with E-state index in [1.54, 1.807) is 78.9 Å². The van der Waals surface area contributed by atoms with Crippen LogP contribution in [0, 0.1) is 0 Å². The minimum Gasteiger partial charge on any atom is -0.423 e. The number of imide groups is 1. The number of allylic oxidation sites excluding steroid dienone is 3. The van der Waals surface area contributed by atoms with Gasteiger partial charge in [-0.2, -0.15) is 0 Å². The van der Waals surface area contributed by atoms with Gasteiger partial charge in [-0.3, -0.25) is 9.59 Å². The van der Waals surface area contributed by atoms with Crippen molar-refractivity contribution in [2.24, 2.45) is 0 Å². The number of anilines is 1. The molecule has 2 aliphatic rings. The summed E-state index contributed by atoms with van der Waals surface area (Å²) in [6.45, 7) is 0. The fourth-order valence-corrected chi connectivity index (χ4v) is 4.55. The van der Waals surface area contributed by atoms with Crippen LogP contribution in [0.15, 0.2) is 109 Å². The molecule has 0 spiro atoms. The smallest absolute Gasteiger partial charge is 0.343 e. The molecule has 1 heterocycles. The van der Waals surface area contributed by atoms with Gasteiger partial charge in [-0.1, -0.05) is 48.6 Å². The van der Waals surface area contributed by atoms with Crippen molar-refractivity contribution in [3.8, 4) is 11.5 Å². The van der Waals surface area contributed by atoms with Crippen LogP contribution in [0.2, 0.25) is 0 Å². The molecule has 4 aromatic rings. The molecule has 0 atom stereocenters. The molecule has 0 aromatic heterocycles. The first-order valence-corrected chi connectivity index (χ1v) is 11.9. The van der Waals surface area contributed by atoms with Crippen molar-refractivity contribution < 1.29 is 28.7 Å². The molecule has 0 unspecified atom stereocenters. The van der Waals surface area contributed by atoms with E-state index in [-0.39, 0.29) is 11.3 Å². The maximum Gasteiger partial charge on any atom is 0.343 e. The van der Waals surface area contributed by atoms with Gasteiger partial charge in [0.2, 0.25) is 0 Å². The van der Waals surface area contributed by atoms with E-state index in [1.165, 1.54) is 18.2 Å². The highest BCUT2D eigenvalue weighted by molar-refractivity contribution is 6.36. The van der Waals surface area contributed by atoms with Crippen molar-refractivity contribution in [2.45, 2.75) is 6.42 Å². The maximum atomic E-state index is 13.6. The van der Waals surface area contributed by atoms with Gasteiger partial charge in [0.05, 0.1) is 16.8 Å². The zero-order chi connectivity index (χ0) is 26.2. The lowest BCUT2D eigenvalue weighted by Gasteiger charge is -2.27. The topological polar surface area (TPSA) is 90.0 Å². The van der Waals surface area contributed by atoms with Crippen LogP contribution in [0.3, 0.4) is 0 Å². The number of rotatable bonds is 5. The van der Waals surface area contributed by atoms with Gasteiger partial charge in [0.15, 0.2) is 0 Å². The Morgan fingerprint density at radius 1 is 0.711 bits per heavy atom. The third-order valence-electron chi connectivity index (χ3n) is 6.38. The van der Waals surface area contributed by atoms with Gasteiger partial charge in [-0.05, 0) is 66.4 Å². The zero-order valence-corrected chi connectivity index (χ0v) is 19.9. The number of hydrogen-bond acceptors (Lipinski definition) is 6. The van der Waals surface area contributed by atoms with Crippen LogP contribution >= 0.6 is 0 Å². The monoisotopic (exact) mass is 501 g/mol. The van der Waals surface area contributed by atoms with E-state index in [0.717, 1.165) is 4.90 Å². The van der Waals surface area contributed by atoms with E-state index in [2.05, 4.69) is 0 Å². The number of ether oxygens (including phenoxy) is 2. The molecule has 2 amide bonds. The first-order chi connectivity index (χ1) is 18.5. The van der Waals surface area contributed by atoms with Gasteiger partial charge in [-0.25, -0.2) is 14.5 Å². The average molecular weight is 501 g/mol. The predicted octanol–water partition coefficient (Wildman–Crippen LogP) is 5.65. The van der Waals surface area contributed by atoms with Crippen LogP contribution in [0.4, 0.5) is 5.69 Å². The second-order valence-electron chi connectivity index (χ2n) is 8.78. The van der Waals surface area contributed by atoms with Crippen LogP contribution in [0.1, 0.15) is 37.5 Å². The Kier molecular flexibility index (Phi) is 5.65. The van der Waals surface area contributed by atoms with Gasteiger partial charge < -0.3 is 9.47 Å². The highest BCUT2D eigenvalue weighted by Crippen LogP contribution is 2.36. The Bertz CT molecular complexity index is 1700. The number of nitrogens with zero attached hydrogens (tertiary/aromatic N) is 1. The molecule has 0 bridgehead atoms. The number of amides is 2. The van der Waals surface area contributed by atoms with Crippen LogP contribution < -0.4 is 14.4 Å². The molecule has 184 valence electrons. The number of hydrogen-bond donors (Lipinski definition) is 0. The third-order valence-corrected chi connectivity index (χ3v) is 6.38. The summed E-state index contributed by atoms with van der Waals surface area (Å²) in [6.07, 6.45) is 5.87. The van der Waals surface area contributed by atoms with Crippen LogP contribution in [-0.4, -0.2) is 23.8 Å². The van der Waals surface area contributed by atoms with E-state index in [9.17, 15) is 19.2 Å². The molecule has 4 aromatic carbocycles. The highest BCUT2D eigenvalue weighted by Gasteiger charge is 2.34. The van der Waals surface area contributed by atoms with Crippen molar-refractivity contribution >= 4 is 40.2 Å². The summed E-state index contributed by atoms with van der Waals surface area (Å²) in [4.78, 5) is 53.0. The van der Waals surface area contributed by atoms with Crippen molar-refractivity contribution in [3.63, 3.8) is 0 Å². The third kappa shape index (κ3) is 4.06. The zero-order valence-electron chi connectivity index (χ0n) is 19.9. The highest BCUT2D eigenvalue weighted by atomic mass is 16.5. The first-order valence-electron chi connectivity index (χ1n) is 11.9. The van der Waals surface area contributed by atoms with Crippen molar-refractivity contribution in [3.05, 3.63) is 125 Å². The molecule has 0 saturated heterocycles. The van der Waals surface area contributed by atoms with Crippen LogP contribution in [0.5, 0.6) is 11.5 Å². The van der Waals surface area contributed by atoms with E-state index in [1.807, 2.05) is 6.08 Å². The van der Waals surface area contributed by atoms with Crippen LogP contribution in [0.25, 0.3) is 10.8 Å². The van der Waals surface area contributed by atoms with E-state index in [4.69, 9.17) is 9.47 Å². The van der Waals surface area contributed by atoms with E-state index in [0.29, 0.717) is 45.3 Å². The van der Waals surface area contributed by atoms with Gasteiger partial charge in [0, 0.05) is 16.5 Å². The molecular weight excluding hydrogens is 482 g/mol. The molecule has 1 aliphatic carbocycles. The van der Waals surface area contributed by atoms with Crippen molar-refractivity contribution in [1.29, 1.82) is 0 Å². The van der Waals surface area contributed by atoms with Crippen molar-refractivity contribution in [2.75, 3.05) is 4.90 Å². The fourth-order valence-electron chi connectivity index (χ4n) is 4.55. The summed E-state index contributed by atoms with van der Waals surface area (Å²) >= 11 is 0. The maximum absolute atomic E-state index is 13.6. The minimum absolute atomic E-state index is 0.194. The molecule has 0 fully saturated rings. The Hall–Kier alpha value is -5.30. The standard InChI is InChI=1S/C31H19NO6/c33-28-25-12-6-11-21-17-24(38-31(36)19-7-2-1-3-8-19)18-26(27(21)25)29(34)32(28)22-13-15-23(16-14-22)37-30(35)20-9-4-5-10-20/h1-9,11-18H,10H2. The Balaban J connectivity index is 1.31. The number of carbonyl (C=O) groups is 4. The van der Waals surface area contributed by atoms with Gasteiger partial charge in [0.1, 0.15) is 11.5 Å². The molecule has 0 N–H and O–H groups in total. The Morgan fingerprint density at radius 3 is 2.18 bits per heavy atom. The van der Waals surface area contributed by atoms with Gasteiger partial charge in [-0.15, -0.1) is 0 Å². The predicted molar refractivity (Wildman–Crippen MR) is 140 cm³/mol. The fraction of sp³-hybridized carbons (Fsp3) is 0.0323. The molecular formula is C31H19NO6. The summed E-state index contributed by atoms with van der Waals surface area (Å²) in [5, 5.41) is 1.11. The number of esters is 2. The molecule has 7 heteroatoms. The van der Waals surface area contributed by atoms with Crippen molar-refractivity contribution in [1.82, 2.24) is 0 Å². The molecule has 38 heavy (non-hydrogen) atoms. The summed E-state index contributed by atoms with van der Waals surface area (Å²) in [5.74, 6) is -1.55. The number of benzene rings is 4. The minimum atomic E-state index is -0.557. The Morgan fingerprint density at radius 2 is 1.45 bits per heavy atom. The summed E-state index contributed by atoms with van der Waals surface area (Å²) < 4.78 is 11.0. The van der Waals surface area contributed by atoms with E-state index >= 15 is 0 Å². The summed E-state index contributed by atoms with van der Waals surface area (Å²) in [6, 6.07) is 22.9. The summed E-state index contributed by atoms with van der Waals surface area (Å²) in [7, 11) is 0. The van der Waals surface area contributed by atoms with E-state index < -0.39 is 23.8 Å². The lowest BCUT2D eigenvalue weighted by Crippen LogP contribution is -2.40. The van der Waals surface area contributed by atoms with Gasteiger partial charge in [0.25, 0.3) is 11.8 Å². The molecule has 0 radical (unpaired) electrons. The molecule has 7 nitrogen and oxygen atoms in total. The first kappa shape index (κ1) is 23.1. The summed E-state index contributed by atoms with van der Waals surface area (Å²) in [5.41, 5.74) is 1.83. The second kappa shape index (κ2) is 9.29. The Labute approximate surface area is 217 Å². The second-order valence-corrected chi connectivity index (χ2v) is 8.78. The molecule has 0 saturated carbocycles. The average Bonchev–Trinajstić information content (AvgIpc) is 3.48. The molecule has 1 aliphatic heterocycles. The largest absolute Gasteiger partial charge is 0.423 e. The van der Waals surface area contributed by atoms with Crippen LogP contribution in [-0.2, 0) is 4.79 Å². The van der Waals surface area contributed by atoms with Gasteiger partial charge >= 0.3 is 11.9 Å². The lowest BCUT2D eigenvalue weighted by molar-refractivity contribution is -0.130. The normalized spacial score (nSPS) is 14.0. The number of carbonyl (C=O) groups excluding carboxylic acids is 4.